The Kier molecular flexibility index (Phi) is 6.42. The van der Waals surface area contributed by atoms with Gasteiger partial charge in [0.2, 0.25) is 0 Å². The van der Waals surface area contributed by atoms with Crippen LogP contribution in [0.2, 0.25) is 0 Å². The molecule has 90 valence electrons. The Morgan fingerprint density at radius 3 is 3.00 bits per heavy atom. The lowest BCUT2D eigenvalue weighted by Gasteiger charge is -2.11. The standard InChI is InChI=1S/C12H21N3S/c1-4-5-7-13-9-11(3)16-12-14-8-6-10(2)15-12/h6,8,11,13H,4-5,7,9H2,1-3H3. The monoisotopic (exact) mass is 239 g/mol. The predicted molar refractivity (Wildman–Crippen MR) is 69.9 cm³/mol. The van der Waals surface area contributed by atoms with Gasteiger partial charge in [-0.1, -0.05) is 32.0 Å². The maximum Gasteiger partial charge on any atom is 0.188 e. The zero-order valence-corrected chi connectivity index (χ0v) is 11.2. The Labute approximate surface area is 102 Å². The van der Waals surface area contributed by atoms with Gasteiger partial charge in [-0.3, -0.25) is 0 Å². The van der Waals surface area contributed by atoms with Crippen molar-refractivity contribution in [3.8, 4) is 0 Å². The number of nitrogens with one attached hydrogen (secondary N) is 1. The predicted octanol–water partition coefficient (Wildman–Crippen LogP) is 2.66. The van der Waals surface area contributed by atoms with Crippen molar-refractivity contribution in [3.63, 3.8) is 0 Å². The molecule has 0 aromatic carbocycles. The molecule has 16 heavy (non-hydrogen) atoms. The minimum absolute atomic E-state index is 0.513. The average molecular weight is 239 g/mol. The first-order valence-corrected chi connectivity index (χ1v) is 6.77. The summed E-state index contributed by atoms with van der Waals surface area (Å²) in [5.74, 6) is 0. The van der Waals surface area contributed by atoms with E-state index in [1.165, 1.54) is 12.8 Å². The summed E-state index contributed by atoms with van der Waals surface area (Å²) in [7, 11) is 0. The van der Waals surface area contributed by atoms with E-state index < -0.39 is 0 Å². The van der Waals surface area contributed by atoms with Crippen LogP contribution in [0.1, 0.15) is 32.4 Å². The molecule has 1 atom stereocenters. The van der Waals surface area contributed by atoms with Gasteiger partial charge in [-0.15, -0.1) is 0 Å². The topological polar surface area (TPSA) is 37.8 Å². The Morgan fingerprint density at radius 1 is 1.50 bits per heavy atom. The molecule has 0 aliphatic heterocycles. The Morgan fingerprint density at radius 2 is 2.31 bits per heavy atom. The van der Waals surface area contributed by atoms with Crippen molar-refractivity contribution in [2.75, 3.05) is 13.1 Å². The largest absolute Gasteiger partial charge is 0.316 e. The normalized spacial score (nSPS) is 12.7. The van der Waals surface area contributed by atoms with E-state index in [4.69, 9.17) is 0 Å². The number of hydrogen-bond acceptors (Lipinski definition) is 4. The zero-order valence-electron chi connectivity index (χ0n) is 10.4. The molecular weight excluding hydrogens is 218 g/mol. The Balaban J connectivity index is 2.25. The van der Waals surface area contributed by atoms with E-state index in [2.05, 4.69) is 29.1 Å². The number of unbranched alkanes of at least 4 members (excludes halogenated alkanes) is 1. The van der Waals surface area contributed by atoms with E-state index in [-0.39, 0.29) is 0 Å². The second-order valence-electron chi connectivity index (χ2n) is 3.97. The second-order valence-corrected chi connectivity index (χ2v) is 5.37. The maximum absolute atomic E-state index is 4.38. The van der Waals surface area contributed by atoms with Crippen LogP contribution in [0, 0.1) is 6.92 Å². The van der Waals surface area contributed by atoms with Crippen LogP contribution >= 0.6 is 11.8 Å². The zero-order chi connectivity index (χ0) is 11.8. The van der Waals surface area contributed by atoms with Gasteiger partial charge < -0.3 is 5.32 Å². The molecule has 1 heterocycles. The highest BCUT2D eigenvalue weighted by Gasteiger charge is 2.05. The fourth-order valence-corrected chi connectivity index (χ4v) is 2.19. The molecule has 1 N–H and O–H groups in total. The van der Waals surface area contributed by atoms with Crippen molar-refractivity contribution in [1.29, 1.82) is 0 Å². The van der Waals surface area contributed by atoms with Crippen LogP contribution in [-0.4, -0.2) is 28.3 Å². The van der Waals surface area contributed by atoms with E-state index in [1.54, 1.807) is 11.8 Å². The third-order valence-corrected chi connectivity index (χ3v) is 3.19. The van der Waals surface area contributed by atoms with Crippen LogP contribution in [0.3, 0.4) is 0 Å². The van der Waals surface area contributed by atoms with Crippen molar-refractivity contribution < 1.29 is 0 Å². The van der Waals surface area contributed by atoms with Crippen molar-refractivity contribution in [1.82, 2.24) is 15.3 Å². The molecule has 0 saturated carbocycles. The van der Waals surface area contributed by atoms with E-state index in [9.17, 15) is 0 Å². The van der Waals surface area contributed by atoms with E-state index >= 15 is 0 Å². The highest BCUT2D eigenvalue weighted by Crippen LogP contribution is 2.18. The Hall–Kier alpha value is -0.610. The lowest BCUT2D eigenvalue weighted by Crippen LogP contribution is -2.23. The minimum Gasteiger partial charge on any atom is -0.316 e. The molecule has 0 bridgehead atoms. The third-order valence-electron chi connectivity index (χ3n) is 2.22. The first-order valence-electron chi connectivity index (χ1n) is 5.89. The van der Waals surface area contributed by atoms with Gasteiger partial charge in [0.25, 0.3) is 0 Å². The lowest BCUT2D eigenvalue weighted by molar-refractivity contribution is 0.638. The van der Waals surface area contributed by atoms with Crippen LogP contribution in [0.15, 0.2) is 17.4 Å². The smallest absolute Gasteiger partial charge is 0.188 e. The first kappa shape index (κ1) is 13.5. The third kappa shape index (κ3) is 5.47. The SMILES string of the molecule is CCCCNCC(C)Sc1nccc(C)n1. The summed E-state index contributed by atoms with van der Waals surface area (Å²) in [6.45, 7) is 8.53. The molecule has 0 amide bonds. The van der Waals surface area contributed by atoms with Crippen LogP contribution in [0.25, 0.3) is 0 Å². The molecule has 0 aliphatic carbocycles. The molecule has 0 radical (unpaired) electrons. The molecule has 1 aromatic heterocycles. The summed E-state index contributed by atoms with van der Waals surface area (Å²) in [6.07, 6.45) is 4.32. The number of aromatic nitrogens is 2. The molecule has 0 saturated heterocycles. The molecule has 0 aliphatic rings. The van der Waals surface area contributed by atoms with Crippen molar-refractivity contribution in [3.05, 3.63) is 18.0 Å². The van der Waals surface area contributed by atoms with Gasteiger partial charge in [0.1, 0.15) is 0 Å². The number of rotatable bonds is 7. The minimum atomic E-state index is 0.513. The summed E-state index contributed by atoms with van der Waals surface area (Å²) < 4.78 is 0. The van der Waals surface area contributed by atoms with Gasteiger partial charge in [-0.05, 0) is 26.0 Å². The van der Waals surface area contributed by atoms with Crippen molar-refractivity contribution in [2.24, 2.45) is 0 Å². The molecular formula is C12H21N3S. The highest BCUT2D eigenvalue weighted by molar-refractivity contribution is 7.99. The number of aryl methyl sites for hydroxylation is 1. The summed E-state index contributed by atoms with van der Waals surface area (Å²) in [6, 6.07) is 1.92. The number of nitrogens with zero attached hydrogens (tertiary/aromatic N) is 2. The quantitative estimate of drug-likeness (QED) is 0.451. The van der Waals surface area contributed by atoms with Crippen LogP contribution < -0.4 is 5.32 Å². The van der Waals surface area contributed by atoms with Gasteiger partial charge in [-0.2, -0.15) is 0 Å². The van der Waals surface area contributed by atoms with Crippen molar-refractivity contribution >= 4 is 11.8 Å². The first-order chi connectivity index (χ1) is 7.72. The van der Waals surface area contributed by atoms with E-state index in [1.807, 2.05) is 19.2 Å². The second kappa shape index (κ2) is 7.63. The number of hydrogen-bond donors (Lipinski definition) is 1. The summed E-state index contributed by atoms with van der Waals surface area (Å²) in [5.41, 5.74) is 1.03. The maximum atomic E-state index is 4.38. The molecule has 0 fully saturated rings. The fourth-order valence-electron chi connectivity index (χ4n) is 1.31. The molecule has 3 nitrogen and oxygen atoms in total. The molecule has 0 spiro atoms. The van der Waals surface area contributed by atoms with Gasteiger partial charge >= 0.3 is 0 Å². The molecule has 1 unspecified atom stereocenters. The highest BCUT2D eigenvalue weighted by atomic mass is 32.2. The van der Waals surface area contributed by atoms with Crippen LogP contribution in [0.4, 0.5) is 0 Å². The van der Waals surface area contributed by atoms with Crippen molar-refractivity contribution in [2.45, 2.75) is 44.0 Å². The van der Waals surface area contributed by atoms with Crippen LogP contribution in [-0.2, 0) is 0 Å². The van der Waals surface area contributed by atoms with Gasteiger partial charge in [0.15, 0.2) is 5.16 Å². The summed E-state index contributed by atoms with van der Waals surface area (Å²) in [5, 5.41) is 4.84. The summed E-state index contributed by atoms with van der Waals surface area (Å²) in [4.78, 5) is 8.63. The Bertz CT molecular complexity index is 304. The van der Waals surface area contributed by atoms with E-state index in [0.29, 0.717) is 5.25 Å². The average Bonchev–Trinajstić information content (AvgIpc) is 2.24. The van der Waals surface area contributed by atoms with Gasteiger partial charge in [0.05, 0.1) is 0 Å². The fraction of sp³-hybridized carbons (Fsp3) is 0.667. The van der Waals surface area contributed by atoms with Gasteiger partial charge in [-0.25, -0.2) is 9.97 Å². The summed E-state index contributed by atoms with van der Waals surface area (Å²) >= 11 is 1.73. The molecule has 1 aromatic rings. The number of thioether (sulfide) groups is 1. The molecule has 1 rings (SSSR count). The molecule has 4 heteroatoms. The lowest BCUT2D eigenvalue weighted by atomic mass is 10.3. The van der Waals surface area contributed by atoms with Crippen LogP contribution in [0.5, 0.6) is 0 Å². The van der Waals surface area contributed by atoms with Gasteiger partial charge in [0, 0.05) is 23.7 Å². The van der Waals surface area contributed by atoms with E-state index in [0.717, 1.165) is 23.9 Å².